The Morgan fingerprint density at radius 1 is 1.29 bits per heavy atom. The Labute approximate surface area is 203 Å². The lowest BCUT2D eigenvalue weighted by Gasteiger charge is -2.34. The van der Waals surface area contributed by atoms with Gasteiger partial charge in [0.05, 0.1) is 25.6 Å². The number of benzene rings is 1. The molecule has 0 amide bonds. The fraction of sp³-hybridized carbons (Fsp3) is 0.565. The first-order valence-electron chi connectivity index (χ1n) is 11.0. The van der Waals surface area contributed by atoms with Crippen LogP contribution in [0.3, 0.4) is 0 Å². The van der Waals surface area contributed by atoms with Crippen LogP contribution in [0.1, 0.15) is 31.9 Å². The molecule has 1 saturated heterocycles. The molecule has 1 aliphatic heterocycles. The molecule has 1 aromatic carbocycles. The van der Waals surface area contributed by atoms with Crippen molar-refractivity contribution in [3.05, 3.63) is 54.1 Å². The third-order valence-electron chi connectivity index (χ3n) is 5.02. The van der Waals surface area contributed by atoms with Crippen LogP contribution in [0.25, 0.3) is 0 Å². The smallest absolute Gasteiger partial charge is 0.191 e. The van der Waals surface area contributed by atoms with Gasteiger partial charge < -0.3 is 19.9 Å². The highest BCUT2D eigenvalue weighted by molar-refractivity contribution is 14.0. The molecule has 8 heteroatoms. The molecule has 3 rings (SSSR count). The summed E-state index contributed by atoms with van der Waals surface area (Å²) < 4.78 is 8.02. The zero-order valence-corrected chi connectivity index (χ0v) is 21.3. The molecule has 1 aromatic heterocycles. The number of aliphatic imine (C=N–C) groups is 1. The summed E-state index contributed by atoms with van der Waals surface area (Å²) in [6, 6.07) is 8.57. The van der Waals surface area contributed by atoms with Gasteiger partial charge in [-0.15, -0.1) is 24.0 Å². The van der Waals surface area contributed by atoms with Gasteiger partial charge in [0.2, 0.25) is 0 Å². The Bertz CT molecular complexity index is 780. The third-order valence-corrected chi connectivity index (χ3v) is 5.02. The molecule has 0 radical (unpaired) electrons. The maximum atomic E-state index is 5.95. The van der Waals surface area contributed by atoms with Crippen LogP contribution in [0.4, 0.5) is 0 Å². The van der Waals surface area contributed by atoms with Crippen LogP contribution in [0.2, 0.25) is 0 Å². The highest BCUT2D eigenvalue weighted by Gasteiger charge is 2.21. The molecule has 2 N–H and O–H groups in total. The van der Waals surface area contributed by atoms with E-state index >= 15 is 0 Å². The number of imidazole rings is 1. The van der Waals surface area contributed by atoms with Crippen LogP contribution >= 0.6 is 24.0 Å². The summed E-state index contributed by atoms with van der Waals surface area (Å²) in [7, 11) is 0. The van der Waals surface area contributed by atoms with E-state index in [1.54, 1.807) is 6.20 Å². The van der Waals surface area contributed by atoms with Gasteiger partial charge in [-0.3, -0.25) is 4.90 Å². The predicted octanol–water partition coefficient (Wildman–Crippen LogP) is 2.96. The van der Waals surface area contributed by atoms with Gasteiger partial charge in [0, 0.05) is 51.7 Å². The zero-order chi connectivity index (χ0) is 21.2. The van der Waals surface area contributed by atoms with Gasteiger partial charge in [-0.2, -0.15) is 0 Å². The average molecular weight is 540 g/mol. The maximum Gasteiger partial charge on any atom is 0.191 e. The third kappa shape index (κ3) is 9.16. The predicted molar refractivity (Wildman–Crippen MR) is 137 cm³/mol. The van der Waals surface area contributed by atoms with E-state index in [0.29, 0.717) is 12.5 Å². The van der Waals surface area contributed by atoms with Crippen molar-refractivity contribution < 1.29 is 4.74 Å². The molecule has 0 saturated carbocycles. The van der Waals surface area contributed by atoms with Gasteiger partial charge in [0.1, 0.15) is 0 Å². The molecule has 2 aromatic rings. The SMILES string of the molecule is CCNC(=NCc1cccc(Cn2ccnc2)c1)NCC1CN(CC(C)C)CCO1.I. The Morgan fingerprint density at radius 2 is 2.13 bits per heavy atom. The first kappa shape index (κ1) is 25.6. The van der Waals surface area contributed by atoms with E-state index < -0.39 is 0 Å². The number of morpholine rings is 1. The Hall–Kier alpha value is -1.65. The number of guanidine groups is 1. The van der Waals surface area contributed by atoms with E-state index in [0.717, 1.165) is 51.8 Å². The number of nitrogens with zero attached hydrogens (tertiary/aromatic N) is 4. The molecule has 0 spiro atoms. The second-order valence-electron chi connectivity index (χ2n) is 8.28. The van der Waals surface area contributed by atoms with Crippen LogP contribution in [0, 0.1) is 5.92 Å². The number of rotatable bonds is 9. The minimum atomic E-state index is 0. The van der Waals surface area contributed by atoms with Gasteiger partial charge in [-0.25, -0.2) is 9.98 Å². The summed E-state index contributed by atoms with van der Waals surface area (Å²) in [4.78, 5) is 11.4. The van der Waals surface area contributed by atoms with Crippen molar-refractivity contribution in [1.82, 2.24) is 25.1 Å². The minimum Gasteiger partial charge on any atom is -0.374 e. The van der Waals surface area contributed by atoms with Gasteiger partial charge in [0.15, 0.2) is 5.96 Å². The molecule has 0 aliphatic carbocycles. The molecule has 0 bridgehead atoms. The van der Waals surface area contributed by atoms with E-state index in [9.17, 15) is 0 Å². The highest BCUT2D eigenvalue weighted by Crippen LogP contribution is 2.09. The second-order valence-corrected chi connectivity index (χ2v) is 8.28. The zero-order valence-electron chi connectivity index (χ0n) is 19.0. The lowest BCUT2D eigenvalue weighted by atomic mass is 10.1. The Kier molecular flexibility index (Phi) is 11.3. The first-order valence-corrected chi connectivity index (χ1v) is 11.0. The van der Waals surface area contributed by atoms with Crippen molar-refractivity contribution in [3.63, 3.8) is 0 Å². The molecular formula is C23H37IN6O. The van der Waals surface area contributed by atoms with E-state index in [1.807, 2.05) is 12.5 Å². The summed E-state index contributed by atoms with van der Waals surface area (Å²) in [6.45, 7) is 13.6. The fourth-order valence-corrected chi connectivity index (χ4v) is 3.73. The van der Waals surface area contributed by atoms with E-state index in [2.05, 4.69) is 70.1 Å². The molecule has 1 fully saturated rings. The summed E-state index contributed by atoms with van der Waals surface area (Å²) in [6.07, 6.45) is 5.82. The lowest BCUT2D eigenvalue weighted by Crippen LogP contribution is -2.50. The van der Waals surface area contributed by atoms with Crippen LogP contribution in [0.5, 0.6) is 0 Å². The minimum absolute atomic E-state index is 0. The van der Waals surface area contributed by atoms with Crippen LogP contribution in [0.15, 0.2) is 48.0 Å². The second kappa shape index (κ2) is 13.7. The Balaban J connectivity index is 0.00000341. The Morgan fingerprint density at radius 3 is 2.87 bits per heavy atom. The molecule has 1 atom stereocenters. The highest BCUT2D eigenvalue weighted by atomic mass is 127. The lowest BCUT2D eigenvalue weighted by molar-refractivity contribution is -0.0284. The molecule has 31 heavy (non-hydrogen) atoms. The van der Waals surface area contributed by atoms with Crippen LogP contribution in [-0.4, -0.2) is 65.8 Å². The van der Waals surface area contributed by atoms with Crippen molar-refractivity contribution >= 4 is 29.9 Å². The summed E-state index contributed by atoms with van der Waals surface area (Å²) >= 11 is 0. The topological polar surface area (TPSA) is 66.7 Å². The van der Waals surface area contributed by atoms with Gasteiger partial charge >= 0.3 is 0 Å². The van der Waals surface area contributed by atoms with Gasteiger partial charge in [0.25, 0.3) is 0 Å². The molecule has 1 aliphatic rings. The summed E-state index contributed by atoms with van der Waals surface area (Å²) in [5, 5.41) is 6.80. The van der Waals surface area contributed by atoms with E-state index in [4.69, 9.17) is 9.73 Å². The van der Waals surface area contributed by atoms with Crippen molar-refractivity contribution in [2.75, 3.05) is 39.3 Å². The van der Waals surface area contributed by atoms with Crippen LogP contribution < -0.4 is 10.6 Å². The molecule has 2 heterocycles. The van der Waals surface area contributed by atoms with Crippen molar-refractivity contribution in [3.8, 4) is 0 Å². The van der Waals surface area contributed by atoms with Crippen molar-refractivity contribution in [2.45, 2.75) is 40.0 Å². The normalized spacial score (nSPS) is 17.4. The van der Waals surface area contributed by atoms with Gasteiger partial charge in [-0.1, -0.05) is 38.1 Å². The number of hydrogen-bond acceptors (Lipinski definition) is 4. The number of nitrogens with one attached hydrogen (secondary N) is 2. The molecular weight excluding hydrogens is 503 g/mol. The van der Waals surface area contributed by atoms with E-state index in [1.165, 1.54) is 11.1 Å². The number of ether oxygens (including phenoxy) is 1. The fourth-order valence-electron chi connectivity index (χ4n) is 3.73. The largest absolute Gasteiger partial charge is 0.374 e. The monoisotopic (exact) mass is 540 g/mol. The van der Waals surface area contributed by atoms with Crippen LogP contribution in [-0.2, 0) is 17.8 Å². The number of halogens is 1. The number of aromatic nitrogens is 2. The standard InChI is InChI=1S/C23H36N6O.HI/c1-4-25-23(27-14-22-17-28(10-11-30-22)15-19(2)3)26-13-20-6-5-7-21(12-20)16-29-9-8-24-18-29;/h5-9,12,18-19,22H,4,10-11,13-17H2,1-3H3,(H2,25,26,27);1H. The quantitative estimate of drug-likeness (QED) is 0.291. The van der Waals surface area contributed by atoms with E-state index in [-0.39, 0.29) is 30.1 Å². The van der Waals surface area contributed by atoms with Gasteiger partial charge in [-0.05, 0) is 24.0 Å². The molecule has 7 nitrogen and oxygen atoms in total. The van der Waals surface area contributed by atoms with Crippen molar-refractivity contribution in [2.24, 2.45) is 10.9 Å². The molecule has 172 valence electrons. The maximum absolute atomic E-state index is 5.95. The summed E-state index contributed by atoms with van der Waals surface area (Å²) in [5.41, 5.74) is 2.45. The molecule has 1 unspecified atom stereocenters. The summed E-state index contributed by atoms with van der Waals surface area (Å²) in [5.74, 6) is 1.52. The average Bonchev–Trinajstić information content (AvgIpc) is 3.23. The number of hydrogen-bond donors (Lipinski definition) is 2. The van der Waals surface area contributed by atoms with Crippen molar-refractivity contribution in [1.29, 1.82) is 0 Å². The first-order chi connectivity index (χ1) is 14.6.